The molecule has 0 spiro atoms. The summed E-state index contributed by atoms with van der Waals surface area (Å²) in [5.41, 5.74) is 0.397. The van der Waals surface area contributed by atoms with E-state index >= 15 is 0 Å². The van der Waals surface area contributed by atoms with Crippen molar-refractivity contribution >= 4 is 17.7 Å². The van der Waals surface area contributed by atoms with Gasteiger partial charge in [0.1, 0.15) is 6.61 Å². The number of ether oxygens (including phenoxy) is 1. The van der Waals surface area contributed by atoms with Crippen molar-refractivity contribution in [1.82, 2.24) is 9.88 Å². The van der Waals surface area contributed by atoms with Crippen molar-refractivity contribution in [2.75, 3.05) is 6.54 Å². The molecule has 0 aliphatic carbocycles. The summed E-state index contributed by atoms with van der Waals surface area (Å²) in [6.45, 7) is 0.918. The van der Waals surface area contributed by atoms with Crippen molar-refractivity contribution in [2.45, 2.75) is 19.6 Å². The molecule has 0 fully saturated rings. The highest BCUT2D eigenvalue weighted by Crippen LogP contribution is 2.10. The average molecular weight is 337 g/mol. The molecule has 7 heteroatoms. The van der Waals surface area contributed by atoms with E-state index in [4.69, 9.17) is 16.3 Å². The van der Waals surface area contributed by atoms with E-state index in [2.05, 4.69) is 5.32 Å². The molecular formula is C16H17ClN2O4. The first-order valence-electron chi connectivity index (χ1n) is 7.10. The van der Waals surface area contributed by atoms with E-state index in [0.717, 1.165) is 5.56 Å². The minimum Gasteiger partial charge on any atom is -0.503 e. The van der Waals surface area contributed by atoms with Crippen LogP contribution in [0.25, 0.3) is 0 Å². The summed E-state index contributed by atoms with van der Waals surface area (Å²) < 4.78 is 6.45. The number of nitrogens with one attached hydrogen (secondary N) is 1. The Morgan fingerprint density at radius 1 is 1.26 bits per heavy atom. The molecule has 0 bridgehead atoms. The minimum atomic E-state index is -0.525. The molecule has 6 nitrogen and oxygen atoms in total. The Bertz CT molecular complexity index is 713. The number of halogens is 1. The molecule has 2 N–H and O–H groups in total. The van der Waals surface area contributed by atoms with E-state index in [-0.39, 0.29) is 12.4 Å². The second kappa shape index (κ2) is 8.24. The van der Waals surface area contributed by atoms with Crippen molar-refractivity contribution in [1.29, 1.82) is 0 Å². The standard InChI is InChI=1S/C16H17ClN2O4/c17-13-6-4-12(5-7-13)11-23-16(22)18-8-2-10-19-9-1-3-14(20)15(19)21/h1,3-7,9,20H,2,8,10-11H2,(H,18,22). The molecule has 0 aliphatic heterocycles. The topological polar surface area (TPSA) is 80.6 Å². The third-order valence-corrected chi connectivity index (χ3v) is 3.38. The molecule has 0 unspecified atom stereocenters. The van der Waals surface area contributed by atoms with Crippen LogP contribution in [0.2, 0.25) is 5.02 Å². The number of amides is 1. The number of hydrogen-bond acceptors (Lipinski definition) is 4. The Hall–Kier alpha value is -2.47. The Kier molecular flexibility index (Phi) is 6.05. The zero-order chi connectivity index (χ0) is 16.7. The molecule has 1 heterocycles. The van der Waals surface area contributed by atoms with Gasteiger partial charge in [0.2, 0.25) is 0 Å². The fourth-order valence-corrected chi connectivity index (χ4v) is 2.05. The lowest BCUT2D eigenvalue weighted by atomic mass is 10.2. The van der Waals surface area contributed by atoms with Gasteiger partial charge < -0.3 is 19.7 Å². The Labute approximate surface area is 138 Å². The monoisotopic (exact) mass is 336 g/mol. The highest BCUT2D eigenvalue weighted by Gasteiger charge is 2.04. The number of rotatable bonds is 6. The van der Waals surface area contributed by atoms with Crippen LogP contribution in [0, 0.1) is 0 Å². The van der Waals surface area contributed by atoms with E-state index in [0.29, 0.717) is 24.5 Å². The van der Waals surface area contributed by atoms with Crippen molar-refractivity contribution in [3.63, 3.8) is 0 Å². The minimum absolute atomic E-state index is 0.162. The Morgan fingerprint density at radius 3 is 2.74 bits per heavy atom. The zero-order valence-corrected chi connectivity index (χ0v) is 13.1. The van der Waals surface area contributed by atoms with Crippen molar-refractivity contribution < 1.29 is 14.6 Å². The zero-order valence-electron chi connectivity index (χ0n) is 12.4. The van der Waals surface area contributed by atoms with Crippen LogP contribution >= 0.6 is 11.6 Å². The molecule has 0 saturated carbocycles. The molecule has 1 aromatic carbocycles. The summed E-state index contributed by atoms with van der Waals surface area (Å²) in [6, 6.07) is 9.94. The first-order chi connectivity index (χ1) is 11.1. The number of aromatic hydroxyl groups is 1. The Balaban J connectivity index is 1.68. The number of carbonyl (C=O) groups excluding carboxylic acids is 1. The van der Waals surface area contributed by atoms with Crippen molar-refractivity contribution in [3.05, 3.63) is 63.5 Å². The van der Waals surface area contributed by atoms with Gasteiger partial charge in [-0.25, -0.2) is 4.79 Å². The van der Waals surface area contributed by atoms with Crippen LogP contribution in [-0.2, 0) is 17.9 Å². The summed E-state index contributed by atoms with van der Waals surface area (Å²) in [4.78, 5) is 23.1. The fourth-order valence-electron chi connectivity index (χ4n) is 1.92. The lowest BCUT2D eigenvalue weighted by molar-refractivity contribution is 0.139. The summed E-state index contributed by atoms with van der Waals surface area (Å²) in [6.07, 6.45) is 1.60. The molecule has 0 saturated heterocycles. The summed E-state index contributed by atoms with van der Waals surface area (Å²) >= 11 is 5.77. The van der Waals surface area contributed by atoms with E-state index in [1.54, 1.807) is 36.5 Å². The lowest BCUT2D eigenvalue weighted by Gasteiger charge is -2.08. The van der Waals surface area contributed by atoms with Crippen LogP contribution in [0.1, 0.15) is 12.0 Å². The van der Waals surface area contributed by atoms with Gasteiger partial charge >= 0.3 is 6.09 Å². The van der Waals surface area contributed by atoms with Crippen LogP contribution in [0.3, 0.4) is 0 Å². The number of aryl methyl sites for hydroxylation is 1. The summed E-state index contributed by atoms with van der Waals surface area (Å²) in [5.74, 6) is -0.289. The van der Waals surface area contributed by atoms with Crippen LogP contribution in [0.4, 0.5) is 4.79 Å². The number of alkyl carbamates (subject to hydrolysis) is 1. The second-order valence-electron chi connectivity index (χ2n) is 4.87. The molecule has 122 valence electrons. The molecule has 2 aromatic rings. The number of carbonyl (C=O) groups is 1. The first-order valence-corrected chi connectivity index (χ1v) is 7.47. The molecule has 0 atom stereocenters. The largest absolute Gasteiger partial charge is 0.503 e. The van der Waals surface area contributed by atoms with Crippen LogP contribution in [-0.4, -0.2) is 22.3 Å². The molecule has 23 heavy (non-hydrogen) atoms. The lowest BCUT2D eigenvalue weighted by Crippen LogP contribution is -2.27. The van der Waals surface area contributed by atoms with E-state index in [9.17, 15) is 14.7 Å². The molecular weight excluding hydrogens is 320 g/mol. The fraction of sp³-hybridized carbons (Fsp3) is 0.250. The van der Waals surface area contributed by atoms with Gasteiger partial charge in [0.25, 0.3) is 5.56 Å². The highest BCUT2D eigenvalue weighted by molar-refractivity contribution is 6.30. The predicted octanol–water partition coefficient (Wildman–Crippen LogP) is 2.52. The van der Waals surface area contributed by atoms with Gasteiger partial charge in [-0.2, -0.15) is 0 Å². The van der Waals surface area contributed by atoms with Gasteiger partial charge in [-0.15, -0.1) is 0 Å². The quantitative estimate of drug-likeness (QED) is 0.794. The maximum absolute atomic E-state index is 11.6. The number of hydrogen-bond donors (Lipinski definition) is 2. The highest BCUT2D eigenvalue weighted by atomic mass is 35.5. The summed E-state index contributed by atoms with van der Waals surface area (Å²) in [7, 11) is 0. The number of nitrogens with zero attached hydrogens (tertiary/aromatic N) is 1. The SMILES string of the molecule is O=C(NCCCn1cccc(O)c1=O)OCc1ccc(Cl)cc1. The van der Waals surface area contributed by atoms with Gasteiger partial charge in [-0.05, 0) is 36.2 Å². The Morgan fingerprint density at radius 2 is 2.00 bits per heavy atom. The molecule has 1 aromatic heterocycles. The molecule has 0 radical (unpaired) electrons. The van der Waals surface area contributed by atoms with Gasteiger partial charge in [-0.1, -0.05) is 23.7 Å². The van der Waals surface area contributed by atoms with Crippen LogP contribution in [0.5, 0.6) is 5.75 Å². The molecule has 1 amide bonds. The van der Waals surface area contributed by atoms with Gasteiger partial charge in [0.15, 0.2) is 5.75 Å². The average Bonchev–Trinajstić information content (AvgIpc) is 2.55. The number of aromatic nitrogens is 1. The number of pyridine rings is 1. The van der Waals surface area contributed by atoms with Gasteiger partial charge in [0.05, 0.1) is 0 Å². The van der Waals surface area contributed by atoms with Gasteiger partial charge in [-0.3, -0.25) is 4.79 Å². The predicted molar refractivity (Wildman–Crippen MR) is 86.6 cm³/mol. The maximum Gasteiger partial charge on any atom is 0.407 e. The normalized spacial score (nSPS) is 10.3. The second-order valence-corrected chi connectivity index (χ2v) is 5.31. The maximum atomic E-state index is 11.6. The molecule has 2 rings (SSSR count). The van der Waals surface area contributed by atoms with E-state index in [1.807, 2.05) is 0 Å². The summed E-state index contributed by atoms with van der Waals surface area (Å²) in [5, 5.41) is 12.5. The third-order valence-electron chi connectivity index (χ3n) is 3.13. The van der Waals surface area contributed by atoms with Crippen molar-refractivity contribution in [2.24, 2.45) is 0 Å². The van der Waals surface area contributed by atoms with E-state index in [1.165, 1.54) is 10.6 Å². The van der Waals surface area contributed by atoms with Crippen molar-refractivity contribution in [3.8, 4) is 5.75 Å². The number of benzene rings is 1. The van der Waals surface area contributed by atoms with Crippen LogP contribution in [0.15, 0.2) is 47.4 Å². The van der Waals surface area contributed by atoms with Gasteiger partial charge in [0, 0.05) is 24.3 Å². The third kappa shape index (κ3) is 5.34. The first kappa shape index (κ1) is 16.9. The smallest absolute Gasteiger partial charge is 0.407 e. The van der Waals surface area contributed by atoms with E-state index < -0.39 is 11.7 Å². The molecule has 0 aliphatic rings. The van der Waals surface area contributed by atoms with Crippen LogP contribution < -0.4 is 10.9 Å².